The highest BCUT2D eigenvalue weighted by molar-refractivity contribution is 14.0. The second-order valence-electron chi connectivity index (χ2n) is 6.96. The molecule has 0 bridgehead atoms. The topological polar surface area (TPSA) is 72.7 Å². The van der Waals surface area contributed by atoms with Gasteiger partial charge in [-0.1, -0.05) is 18.2 Å². The van der Waals surface area contributed by atoms with E-state index in [0.29, 0.717) is 12.3 Å². The van der Waals surface area contributed by atoms with Crippen molar-refractivity contribution < 1.29 is 9.47 Å². The van der Waals surface area contributed by atoms with Crippen LogP contribution in [-0.2, 0) is 13.1 Å². The van der Waals surface area contributed by atoms with Crippen LogP contribution in [0.2, 0.25) is 0 Å². The SMILES string of the molecule is CCNC(=NCc1ccc(OC)c(OC)c1)NCCCn1c(C)nc2ccccc21.I. The van der Waals surface area contributed by atoms with Gasteiger partial charge in [0.25, 0.3) is 0 Å². The third kappa shape index (κ3) is 6.49. The fourth-order valence-corrected chi connectivity index (χ4v) is 3.41. The van der Waals surface area contributed by atoms with Crippen LogP contribution < -0.4 is 20.1 Å². The van der Waals surface area contributed by atoms with E-state index < -0.39 is 0 Å². The second kappa shape index (κ2) is 12.4. The van der Waals surface area contributed by atoms with Crippen molar-refractivity contribution in [1.82, 2.24) is 20.2 Å². The smallest absolute Gasteiger partial charge is 0.191 e. The predicted molar refractivity (Wildman–Crippen MR) is 137 cm³/mol. The van der Waals surface area contributed by atoms with Crippen LogP contribution in [0.15, 0.2) is 47.5 Å². The Bertz CT molecular complexity index is 1000. The van der Waals surface area contributed by atoms with E-state index in [9.17, 15) is 0 Å². The second-order valence-corrected chi connectivity index (χ2v) is 6.96. The third-order valence-corrected chi connectivity index (χ3v) is 4.91. The Hall–Kier alpha value is -2.49. The number of aromatic nitrogens is 2. The van der Waals surface area contributed by atoms with Crippen molar-refractivity contribution in [1.29, 1.82) is 0 Å². The molecule has 0 saturated carbocycles. The predicted octanol–water partition coefficient (Wildman–Crippen LogP) is 4.13. The molecule has 0 aliphatic rings. The summed E-state index contributed by atoms with van der Waals surface area (Å²) in [5, 5.41) is 6.72. The highest BCUT2D eigenvalue weighted by atomic mass is 127. The molecule has 0 fully saturated rings. The summed E-state index contributed by atoms with van der Waals surface area (Å²) in [6, 6.07) is 14.1. The van der Waals surface area contributed by atoms with Crippen molar-refractivity contribution in [3.63, 3.8) is 0 Å². The molecule has 8 heteroatoms. The maximum absolute atomic E-state index is 5.37. The van der Waals surface area contributed by atoms with Gasteiger partial charge in [0.1, 0.15) is 5.82 Å². The van der Waals surface area contributed by atoms with Gasteiger partial charge >= 0.3 is 0 Å². The highest BCUT2D eigenvalue weighted by Gasteiger charge is 2.07. The maximum Gasteiger partial charge on any atom is 0.191 e. The van der Waals surface area contributed by atoms with Gasteiger partial charge in [-0.2, -0.15) is 0 Å². The number of halogens is 1. The standard InChI is InChI=1S/C23H31N5O2.HI/c1-5-24-23(26-16-18-11-12-21(29-3)22(15-18)30-4)25-13-8-14-28-17(2)27-19-9-6-7-10-20(19)28;/h6-7,9-12,15H,5,8,13-14,16H2,1-4H3,(H2,24,25,26);1H. The minimum Gasteiger partial charge on any atom is -0.493 e. The molecule has 0 unspecified atom stereocenters. The van der Waals surface area contributed by atoms with E-state index in [0.717, 1.165) is 54.7 Å². The van der Waals surface area contributed by atoms with Gasteiger partial charge in [0.05, 0.1) is 31.8 Å². The summed E-state index contributed by atoms with van der Waals surface area (Å²) in [5.41, 5.74) is 3.29. The van der Waals surface area contributed by atoms with Crippen LogP contribution in [0.4, 0.5) is 0 Å². The maximum atomic E-state index is 5.37. The van der Waals surface area contributed by atoms with Crippen molar-refractivity contribution in [3.05, 3.63) is 53.9 Å². The van der Waals surface area contributed by atoms with E-state index >= 15 is 0 Å². The molecule has 1 aromatic heterocycles. The van der Waals surface area contributed by atoms with E-state index in [1.165, 1.54) is 5.52 Å². The van der Waals surface area contributed by atoms with Gasteiger partial charge in [-0.3, -0.25) is 0 Å². The minimum atomic E-state index is 0. The first-order valence-electron chi connectivity index (χ1n) is 10.3. The first-order valence-corrected chi connectivity index (χ1v) is 10.3. The van der Waals surface area contributed by atoms with E-state index in [4.69, 9.17) is 14.5 Å². The molecule has 1 heterocycles. The molecule has 168 valence electrons. The van der Waals surface area contributed by atoms with Crippen molar-refractivity contribution in [2.45, 2.75) is 33.4 Å². The number of ether oxygens (including phenoxy) is 2. The number of para-hydroxylation sites is 2. The third-order valence-electron chi connectivity index (χ3n) is 4.91. The fourth-order valence-electron chi connectivity index (χ4n) is 3.41. The fraction of sp³-hybridized carbons (Fsp3) is 0.391. The van der Waals surface area contributed by atoms with E-state index in [1.807, 2.05) is 24.3 Å². The quantitative estimate of drug-likeness (QED) is 0.186. The van der Waals surface area contributed by atoms with E-state index in [1.54, 1.807) is 14.2 Å². The average Bonchev–Trinajstić information content (AvgIpc) is 3.09. The molecule has 2 N–H and O–H groups in total. The van der Waals surface area contributed by atoms with Gasteiger partial charge in [-0.15, -0.1) is 24.0 Å². The lowest BCUT2D eigenvalue weighted by Crippen LogP contribution is -2.38. The number of methoxy groups -OCH3 is 2. The molecule has 0 radical (unpaired) electrons. The molecule has 0 atom stereocenters. The lowest BCUT2D eigenvalue weighted by Gasteiger charge is -2.13. The lowest BCUT2D eigenvalue weighted by atomic mass is 10.2. The molecule has 2 aromatic carbocycles. The number of imidazole rings is 1. The van der Waals surface area contributed by atoms with Crippen LogP contribution >= 0.6 is 24.0 Å². The van der Waals surface area contributed by atoms with Crippen molar-refractivity contribution >= 4 is 41.0 Å². The summed E-state index contributed by atoms with van der Waals surface area (Å²) >= 11 is 0. The van der Waals surface area contributed by atoms with Crippen LogP contribution in [0.3, 0.4) is 0 Å². The summed E-state index contributed by atoms with van der Waals surface area (Å²) in [7, 11) is 3.28. The Kier molecular flexibility index (Phi) is 9.90. The minimum absolute atomic E-state index is 0. The zero-order valence-electron chi connectivity index (χ0n) is 18.6. The van der Waals surface area contributed by atoms with E-state index in [-0.39, 0.29) is 24.0 Å². The summed E-state index contributed by atoms with van der Waals surface area (Å²) in [5.74, 6) is 3.29. The van der Waals surface area contributed by atoms with Crippen molar-refractivity contribution in [2.75, 3.05) is 27.3 Å². The van der Waals surface area contributed by atoms with E-state index in [2.05, 4.69) is 52.2 Å². The number of fused-ring (bicyclic) bond motifs is 1. The van der Waals surface area contributed by atoms with Gasteiger partial charge < -0.3 is 24.7 Å². The van der Waals surface area contributed by atoms with Crippen LogP contribution in [0.1, 0.15) is 24.7 Å². The number of benzene rings is 2. The first-order chi connectivity index (χ1) is 14.7. The van der Waals surface area contributed by atoms with Crippen LogP contribution in [0.25, 0.3) is 11.0 Å². The number of hydrogen-bond donors (Lipinski definition) is 2. The summed E-state index contributed by atoms with van der Waals surface area (Å²) in [6.07, 6.45) is 0.974. The molecule has 0 amide bonds. The molecule has 0 spiro atoms. The van der Waals surface area contributed by atoms with Gasteiger partial charge in [-0.25, -0.2) is 9.98 Å². The number of nitrogens with one attached hydrogen (secondary N) is 2. The molecule has 31 heavy (non-hydrogen) atoms. The highest BCUT2D eigenvalue weighted by Crippen LogP contribution is 2.27. The van der Waals surface area contributed by atoms with Crippen LogP contribution in [-0.4, -0.2) is 42.8 Å². The molecule has 7 nitrogen and oxygen atoms in total. The van der Waals surface area contributed by atoms with Gasteiger partial charge in [0, 0.05) is 19.6 Å². The number of aryl methyl sites for hydroxylation is 2. The largest absolute Gasteiger partial charge is 0.493 e. The number of nitrogens with zero attached hydrogens (tertiary/aromatic N) is 3. The number of guanidine groups is 1. The number of hydrogen-bond acceptors (Lipinski definition) is 4. The summed E-state index contributed by atoms with van der Waals surface area (Å²) < 4.78 is 12.9. The lowest BCUT2D eigenvalue weighted by molar-refractivity contribution is 0.354. The Morgan fingerprint density at radius 3 is 2.58 bits per heavy atom. The molecule has 0 aliphatic heterocycles. The van der Waals surface area contributed by atoms with Gasteiger partial charge in [-0.05, 0) is 50.1 Å². The van der Waals surface area contributed by atoms with Gasteiger partial charge in [0.15, 0.2) is 17.5 Å². The number of aliphatic imine (C=N–C) groups is 1. The zero-order valence-corrected chi connectivity index (χ0v) is 21.0. The van der Waals surface area contributed by atoms with Crippen molar-refractivity contribution in [2.24, 2.45) is 4.99 Å². The molecule has 0 aliphatic carbocycles. The van der Waals surface area contributed by atoms with Gasteiger partial charge in [0.2, 0.25) is 0 Å². The normalized spacial score (nSPS) is 11.2. The van der Waals surface area contributed by atoms with Crippen molar-refractivity contribution in [3.8, 4) is 11.5 Å². The number of rotatable bonds is 9. The molecule has 3 aromatic rings. The Balaban J connectivity index is 0.00000341. The molecule has 3 rings (SSSR count). The average molecular weight is 537 g/mol. The zero-order chi connectivity index (χ0) is 21.3. The van der Waals surface area contributed by atoms with Crippen LogP contribution in [0, 0.1) is 6.92 Å². The first kappa shape index (κ1) is 24.8. The molecular weight excluding hydrogens is 505 g/mol. The van der Waals surface area contributed by atoms with Crippen LogP contribution in [0.5, 0.6) is 11.5 Å². The molecular formula is C23H32IN5O2. The summed E-state index contributed by atoms with van der Waals surface area (Å²) in [6.45, 7) is 7.22. The Labute approximate surface area is 201 Å². The molecule has 0 saturated heterocycles. The summed E-state index contributed by atoms with van der Waals surface area (Å²) in [4.78, 5) is 9.33. The monoisotopic (exact) mass is 537 g/mol. The Morgan fingerprint density at radius 1 is 1.06 bits per heavy atom. The Morgan fingerprint density at radius 2 is 1.84 bits per heavy atom.